The number of rotatable bonds is 1. The molecule has 27 heavy (non-hydrogen) atoms. The smallest absolute Gasteiger partial charge is 0.259 e. The quantitative estimate of drug-likeness (QED) is 0.333. The summed E-state index contributed by atoms with van der Waals surface area (Å²) in [4.78, 5) is 13.5. The van der Waals surface area contributed by atoms with Crippen molar-refractivity contribution < 1.29 is 4.57 Å². The van der Waals surface area contributed by atoms with Crippen molar-refractivity contribution in [3.05, 3.63) is 82.8 Å². The van der Waals surface area contributed by atoms with Crippen LogP contribution in [-0.4, -0.2) is 9.13 Å². The van der Waals surface area contributed by atoms with Crippen LogP contribution in [0.1, 0.15) is 5.82 Å². The van der Waals surface area contributed by atoms with Gasteiger partial charge in [-0.25, -0.2) is 4.57 Å². The Kier molecular flexibility index (Phi) is 3.25. The highest BCUT2D eigenvalue weighted by atomic mass is 16.1. The highest BCUT2D eigenvalue weighted by molar-refractivity contribution is 5.98. The molecule has 0 radical (unpaired) electrons. The Balaban J connectivity index is 2.03. The number of para-hydroxylation sites is 3. The summed E-state index contributed by atoms with van der Waals surface area (Å²) < 4.78 is 6.46. The topological polar surface area (TPSA) is 30.8 Å². The standard InChI is InChI=1S/C23H20N3O/c1-15-24(2)18-11-6-7-12-19(18)26(15)21-14-8-13-20-22(21)23(27)16-9-4-5-10-17(16)25(20)3/h4-14H,1-3H3/q+1. The molecule has 3 aromatic carbocycles. The maximum Gasteiger partial charge on any atom is 0.259 e. The Morgan fingerprint density at radius 3 is 2.30 bits per heavy atom. The van der Waals surface area contributed by atoms with E-state index in [1.54, 1.807) is 0 Å². The summed E-state index contributed by atoms with van der Waals surface area (Å²) in [6.45, 7) is 2.09. The minimum Gasteiger partial charge on any atom is -0.343 e. The number of aromatic nitrogens is 3. The molecule has 2 aromatic heterocycles. The number of nitrogens with zero attached hydrogens (tertiary/aromatic N) is 3. The second kappa shape index (κ2) is 5.55. The summed E-state index contributed by atoms with van der Waals surface area (Å²) in [6, 6.07) is 22.2. The summed E-state index contributed by atoms with van der Waals surface area (Å²) >= 11 is 0. The molecule has 0 aliphatic carbocycles. The van der Waals surface area contributed by atoms with Gasteiger partial charge in [-0.3, -0.25) is 4.79 Å². The van der Waals surface area contributed by atoms with Gasteiger partial charge in [-0.1, -0.05) is 30.3 Å². The summed E-state index contributed by atoms with van der Waals surface area (Å²) in [5.41, 5.74) is 5.13. The maximum absolute atomic E-state index is 13.5. The molecule has 0 fully saturated rings. The van der Waals surface area contributed by atoms with E-state index in [-0.39, 0.29) is 5.43 Å². The van der Waals surface area contributed by atoms with Gasteiger partial charge < -0.3 is 4.57 Å². The van der Waals surface area contributed by atoms with Gasteiger partial charge in [-0.15, -0.1) is 0 Å². The van der Waals surface area contributed by atoms with E-state index in [4.69, 9.17) is 0 Å². The molecule has 132 valence electrons. The molecule has 0 saturated heterocycles. The SMILES string of the molecule is Cc1n(-c2cccc3c2c(=O)c2ccccc2n3C)c2ccccc2[n+]1C. The number of imidazole rings is 1. The molecule has 0 spiro atoms. The van der Waals surface area contributed by atoms with Crippen LogP contribution >= 0.6 is 0 Å². The summed E-state index contributed by atoms with van der Waals surface area (Å²) in [5, 5.41) is 1.50. The van der Waals surface area contributed by atoms with Crippen LogP contribution in [0.25, 0.3) is 38.5 Å². The average molecular weight is 354 g/mol. The molecule has 4 nitrogen and oxygen atoms in total. The lowest BCUT2D eigenvalue weighted by atomic mass is 10.1. The maximum atomic E-state index is 13.5. The van der Waals surface area contributed by atoms with E-state index in [1.165, 1.54) is 0 Å². The second-order valence-electron chi connectivity index (χ2n) is 7.01. The Bertz CT molecular complexity index is 1420. The predicted molar refractivity (Wildman–Crippen MR) is 109 cm³/mol. The largest absolute Gasteiger partial charge is 0.343 e. The molecule has 0 aliphatic rings. The predicted octanol–water partition coefficient (Wildman–Crippen LogP) is 3.77. The van der Waals surface area contributed by atoms with Crippen LogP contribution in [0.3, 0.4) is 0 Å². The van der Waals surface area contributed by atoms with Gasteiger partial charge in [0.2, 0.25) is 5.43 Å². The van der Waals surface area contributed by atoms with Crippen LogP contribution in [-0.2, 0) is 14.1 Å². The van der Waals surface area contributed by atoms with Gasteiger partial charge in [0.1, 0.15) is 5.69 Å². The minimum atomic E-state index is 0.0779. The van der Waals surface area contributed by atoms with Crippen LogP contribution in [0.5, 0.6) is 0 Å². The van der Waals surface area contributed by atoms with E-state index >= 15 is 0 Å². The summed E-state index contributed by atoms with van der Waals surface area (Å²) in [7, 11) is 4.08. The molecule has 5 aromatic rings. The summed E-state index contributed by atoms with van der Waals surface area (Å²) in [6.07, 6.45) is 0. The first-order valence-corrected chi connectivity index (χ1v) is 9.06. The van der Waals surface area contributed by atoms with Gasteiger partial charge >= 0.3 is 0 Å². The molecule has 4 heteroatoms. The third kappa shape index (κ3) is 2.04. The van der Waals surface area contributed by atoms with Crippen LogP contribution in [0, 0.1) is 6.92 Å². The van der Waals surface area contributed by atoms with Crippen molar-refractivity contribution >= 4 is 32.8 Å². The zero-order valence-corrected chi connectivity index (χ0v) is 15.6. The number of hydrogen-bond donors (Lipinski definition) is 0. The molecule has 0 aliphatic heterocycles. The Morgan fingerprint density at radius 2 is 1.48 bits per heavy atom. The van der Waals surface area contributed by atoms with Gasteiger partial charge in [-0.2, -0.15) is 4.57 Å². The van der Waals surface area contributed by atoms with Crippen molar-refractivity contribution in [2.24, 2.45) is 14.1 Å². The number of hydrogen-bond acceptors (Lipinski definition) is 1. The lowest BCUT2D eigenvalue weighted by molar-refractivity contribution is -0.652. The highest BCUT2D eigenvalue weighted by Gasteiger charge is 2.24. The van der Waals surface area contributed by atoms with Crippen LogP contribution in [0.15, 0.2) is 71.5 Å². The molecule has 2 heterocycles. The van der Waals surface area contributed by atoms with E-state index in [9.17, 15) is 4.79 Å². The lowest BCUT2D eigenvalue weighted by Crippen LogP contribution is -2.30. The molecule has 0 bridgehead atoms. The van der Waals surface area contributed by atoms with E-state index < -0.39 is 0 Å². The highest BCUT2D eigenvalue weighted by Crippen LogP contribution is 2.27. The van der Waals surface area contributed by atoms with Gasteiger partial charge in [0, 0.05) is 19.4 Å². The van der Waals surface area contributed by atoms with Crippen molar-refractivity contribution in [3.8, 4) is 5.69 Å². The fourth-order valence-electron chi connectivity index (χ4n) is 4.19. The van der Waals surface area contributed by atoms with Crippen LogP contribution in [0.4, 0.5) is 0 Å². The van der Waals surface area contributed by atoms with E-state index in [0.717, 1.165) is 44.4 Å². The fraction of sp³-hybridized carbons (Fsp3) is 0.130. The molecule has 0 saturated carbocycles. The average Bonchev–Trinajstić information content (AvgIpc) is 2.96. The minimum absolute atomic E-state index is 0.0779. The first kappa shape index (κ1) is 15.8. The number of fused-ring (bicyclic) bond motifs is 3. The molecular formula is C23H20N3O+. The normalized spacial score (nSPS) is 11.7. The van der Waals surface area contributed by atoms with Crippen molar-refractivity contribution in [1.29, 1.82) is 0 Å². The van der Waals surface area contributed by atoms with E-state index in [0.29, 0.717) is 0 Å². The molecule has 5 rings (SSSR count). The first-order chi connectivity index (χ1) is 13.1. The van der Waals surface area contributed by atoms with Crippen LogP contribution < -0.4 is 10.00 Å². The molecule has 0 atom stereocenters. The van der Waals surface area contributed by atoms with Gasteiger partial charge in [-0.05, 0) is 36.4 Å². The molecule has 0 unspecified atom stereocenters. The lowest BCUT2D eigenvalue weighted by Gasteiger charge is -2.12. The number of pyridine rings is 1. The second-order valence-corrected chi connectivity index (χ2v) is 7.01. The Morgan fingerprint density at radius 1 is 0.815 bits per heavy atom. The van der Waals surface area contributed by atoms with E-state index in [1.807, 2.05) is 61.6 Å². The number of benzene rings is 3. The fourth-order valence-corrected chi connectivity index (χ4v) is 4.19. The molecule has 0 amide bonds. The zero-order valence-electron chi connectivity index (χ0n) is 15.6. The third-order valence-electron chi connectivity index (χ3n) is 5.65. The number of aryl methyl sites for hydroxylation is 2. The van der Waals surface area contributed by atoms with Crippen molar-refractivity contribution in [2.75, 3.05) is 0 Å². The van der Waals surface area contributed by atoms with Crippen molar-refractivity contribution in [2.45, 2.75) is 6.92 Å². The monoisotopic (exact) mass is 354 g/mol. The zero-order chi connectivity index (χ0) is 18.7. The molecule has 0 N–H and O–H groups in total. The van der Waals surface area contributed by atoms with Gasteiger partial charge in [0.15, 0.2) is 11.0 Å². The van der Waals surface area contributed by atoms with Crippen LogP contribution in [0.2, 0.25) is 0 Å². The van der Waals surface area contributed by atoms with Crippen molar-refractivity contribution in [1.82, 2.24) is 9.13 Å². The Labute approximate surface area is 156 Å². The Hall–Kier alpha value is -3.40. The first-order valence-electron chi connectivity index (χ1n) is 9.06. The summed E-state index contributed by atoms with van der Waals surface area (Å²) in [5.74, 6) is 1.08. The van der Waals surface area contributed by atoms with E-state index in [2.05, 4.69) is 39.8 Å². The van der Waals surface area contributed by atoms with Gasteiger partial charge in [0.05, 0.1) is 23.5 Å². The third-order valence-corrected chi connectivity index (χ3v) is 5.65. The van der Waals surface area contributed by atoms with Crippen molar-refractivity contribution in [3.63, 3.8) is 0 Å². The van der Waals surface area contributed by atoms with Gasteiger partial charge in [0.25, 0.3) is 5.82 Å². The molecular weight excluding hydrogens is 334 g/mol.